The number of aliphatic imine (C=N–C) groups is 2. The second-order valence-electron chi connectivity index (χ2n) is 4.13. The first-order valence-electron chi connectivity index (χ1n) is 6.07. The maximum absolute atomic E-state index is 13.0. The zero-order valence-electron chi connectivity index (χ0n) is 10.9. The Bertz CT molecular complexity index is 647. The average Bonchev–Trinajstić information content (AvgIpc) is 2.47. The summed E-state index contributed by atoms with van der Waals surface area (Å²) in [6, 6.07) is 16.0. The summed E-state index contributed by atoms with van der Waals surface area (Å²) in [5, 5.41) is 0. The van der Waals surface area contributed by atoms with Crippen molar-refractivity contribution >= 4 is 17.4 Å². The summed E-state index contributed by atoms with van der Waals surface area (Å²) < 4.78 is 39.0. The van der Waals surface area contributed by atoms with Crippen LogP contribution < -0.4 is 5.73 Å². The van der Waals surface area contributed by atoms with Crippen LogP contribution in [-0.2, 0) is 0 Å². The molecule has 0 atom stereocenters. The van der Waals surface area contributed by atoms with Gasteiger partial charge in [0.25, 0.3) is 0 Å². The van der Waals surface area contributed by atoms with Gasteiger partial charge in [-0.1, -0.05) is 48.5 Å². The molecular weight excluding hydrogens is 279 g/mol. The number of rotatable bonds is 2. The molecule has 0 radical (unpaired) electrons. The molecule has 0 heterocycles. The third-order valence-electron chi connectivity index (χ3n) is 2.54. The predicted molar refractivity (Wildman–Crippen MR) is 76.8 cm³/mol. The van der Waals surface area contributed by atoms with E-state index in [1.807, 2.05) is 0 Å². The van der Waals surface area contributed by atoms with Crippen LogP contribution in [0, 0.1) is 0 Å². The fourth-order valence-electron chi connectivity index (χ4n) is 1.56. The minimum atomic E-state index is -4.69. The molecule has 0 amide bonds. The van der Waals surface area contributed by atoms with Crippen molar-refractivity contribution in [3.05, 3.63) is 66.2 Å². The fourth-order valence-corrected chi connectivity index (χ4v) is 1.56. The lowest BCUT2D eigenvalue weighted by Crippen LogP contribution is -2.25. The minimum Gasteiger partial charge on any atom is -0.383 e. The fraction of sp³-hybridized carbons (Fsp3) is 0.0667. The highest BCUT2D eigenvalue weighted by Crippen LogP contribution is 2.22. The Kier molecular flexibility index (Phi) is 4.37. The van der Waals surface area contributed by atoms with Crippen molar-refractivity contribution in [1.29, 1.82) is 0 Å². The number of benzene rings is 2. The van der Waals surface area contributed by atoms with Gasteiger partial charge in [0, 0.05) is 5.56 Å². The average molecular weight is 291 g/mol. The van der Waals surface area contributed by atoms with E-state index in [0.717, 1.165) is 0 Å². The Morgan fingerprint density at radius 2 is 1.38 bits per heavy atom. The van der Waals surface area contributed by atoms with Gasteiger partial charge in [0.1, 0.15) is 5.84 Å². The molecule has 0 bridgehead atoms. The quantitative estimate of drug-likeness (QED) is 0.666. The van der Waals surface area contributed by atoms with Crippen LogP contribution in [0.15, 0.2) is 70.6 Å². The van der Waals surface area contributed by atoms with E-state index in [0.29, 0.717) is 5.56 Å². The first-order chi connectivity index (χ1) is 9.97. The van der Waals surface area contributed by atoms with Crippen LogP contribution in [-0.4, -0.2) is 17.8 Å². The molecule has 0 spiro atoms. The first-order valence-corrected chi connectivity index (χ1v) is 6.07. The standard InChI is InChI=1S/C15H12F3N3/c16-15(17,18)14(20-12-9-5-2-6-10-12)21-13(19)11-7-3-1-4-8-11/h1-10H,(H2,19,20,21). The molecule has 0 aromatic heterocycles. The minimum absolute atomic E-state index is 0.162. The normalized spacial score (nSPS) is 13.3. The Labute approximate surface area is 119 Å². The summed E-state index contributed by atoms with van der Waals surface area (Å²) in [6.45, 7) is 0. The number of hydrogen-bond donors (Lipinski definition) is 1. The van der Waals surface area contributed by atoms with Crippen LogP contribution in [0.2, 0.25) is 0 Å². The number of nitrogens with zero attached hydrogens (tertiary/aromatic N) is 2. The predicted octanol–water partition coefficient (Wildman–Crippen LogP) is 3.68. The second kappa shape index (κ2) is 6.21. The molecule has 0 aliphatic carbocycles. The molecule has 108 valence electrons. The lowest BCUT2D eigenvalue weighted by atomic mass is 10.2. The summed E-state index contributed by atoms with van der Waals surface area (Å²) in [5.41, 5.74) is 6.18. The topological polar surface area (TPSA) is 50.7 Å². The van der Waals surface area contributed by atoms with Crippen LogP contribution in [0.1, 0.15) is 5.56 Å². The van der Waals surface area contributed by atoms with Crippen LogP contribution in [0.3, 0.4) is 0 Å². The van der Waals surface area contributed by atoms with Gasteiger partial charge in [0.2, 0.25) is 5.84 Å². The second-order valence-corrected chi connectivity index (χ2v) is 4.13. The van der Waals surface area contributed by atoms with E-state index in [2.05, 4.69) is 9.98 Å². The smallest absolute Gasteiger partial charge is 0.383 e. The van der Waals surface area contributed by atoms with Crippen molar-refractivity contribution in [3.63, 3.8) is 0 Å². The molecule has 0 unspecified atom stereocenters. The summed E-state index contributed by atoms with van der Waals surface area (Å²) in [5.74, 6) is -1.52. The number of nitrogens with two attached hydrogens (primary N) is 1. The monoisotopic (exact) mass is 291 g/mol. The molecule has 6 heteroatoms. The van der Waals surface area contributed by atoms with Crippen LogP contribution in [0.4, 0.5) is 18.9 Å². The molecule has 0 saturated carbocycles. The maximum atomic E-state index is 13.0. The van der Waals surface area contributed by atoms with Gasteiger partial charge in [-0.3, -0.25) is 0 Å². The molecular formula is C15H12F3N3. The summed E-state index contributed by atoms with van der Waals surface area (Å²) in [4.78, 5) is 6.95. The van der Waals surface area contributed by atoms with Crippen molar-refractivity contribution in [2.24, 2.45) is 15.7 Å². The van der Waals surface area contributed by atoms with Gasteiger partial charge < -0.3 is 5.73 Å². The molecule has 3 nitrogen and oxygen atoms in total. The molecule has 2 rings (SSSR count). The van der Waals surface area contributed by atoms with E-state index in [1.54, 1.807) is 48.5 Å². The zero-order chi connectivity index (χ0) is 15.3. The van der Waals surface area contributed by atoms with E-state index in [9.17, 15) is 13.2 Å². The molecule has 0 saturated heterocycles. The third kappa shape index (κ3) is 4.17. The van der Waals surface area contributed by atoms with Gasteiger partial charge in [-0.05, 0) is 12.1 Å². The molecule has 2 N–H and O–H groups in total. The molecule has 0 aliphatic heterocycles. The highest BCUT2D eigenvalue weighted by molar-refractivity contribution is 6.07. The Morgan fingerprint density at radius 1 is 0.857 bits per heavy atom. The number of hydrogen-bond acceptors (Lipinski definition) is 1. The van der Waals surface area contributed by atoms with Gasteiger partial charge in [-0.2, -0.15) is 13.2 Å². The molecule has 21 heavy (non-hydrogen) atoms. The molecule has 0 fully saturated rings. The van der Waals surface area contributed by atoms with E-state index in [-0.39, 0.29) is 11.5 Å². The Morgan fingerprint density at radius 3 is 1.90 bits per heavy atom. The van der Waals surface area contributed by atoms with E-state index < -0.39 is 12.0 Å². The zero-order valence-corrected chi connectivity index (χ0v) is 10.9. The maximum Gasteiger partial charge on any atom is 0.451 e. The van der Waals surface area contributed by atoms with Crippen molar-refractivity contribution in [2.75, 3.05) is 0 Å². The number of para-hydroxylation sites is 1. The number of amidine groups is 2. The first kappa shape index (κ1) is 14.8. The highest BCUT2D eigenvalue weighted by atomic mass is 19.4. The highest BCUT2D eigenvalue weighted by Gasteiger charge is 2.36. The number of alkyl halides is 3. The van der Waals surface area contributed by atoms with Crippen LogP contribution in [0.5, 0.6) is 0 Å². The van der Waals surface area contributed by atoms with Crippen molar-refractivity contribution < 1.29 is 13.2 Å². The van der Waals surface area contributed by atoms with E-state index in [4.69, 9.17) is 5.73 Å². The summed E-state index contributed by atoms with van der Waals surface area (Å²) >= 11 is 0. The number of halogens is 3. The molecule has 2 aromatic carbocycles. The van der Waals surface area contributed by atoms with E-state index >= 15 is 0 Å². The lowest BCUT2D eigenvalue weighted by Gasteiger charge is -2.07. The van der Waals surface area contributed by atoms with Crippen LogP contribution >= 0.6 is 0 Å². The Hall–Kier alpha value is -2.63. The van der Waals surface area contributed by atoms with Gasteiger partial charge in [0.05, 0.1) is 5.69 Å². The summed E-state index contributed by atoms with van der Waals surface area (Å²) in [7, 11) is 0. The van der Waals surface area contributed by atoms with Gasteiger partial charge >= 0.3 is 6.18 Å². The third-order valence-corrected chi connectivity index (χ3v) is 2.54. The van der Waals surface area contributed by atoms with Crippen molar-refractivity contribution in [3.8, 4) is 0 Å². The van der Waals surface area contributed by atoms with Gasteiger partial charge in [-0.15, -0.1) is 0 Å². The van der Waals surface area contributed by atoms with E-state index in [1.165, 1.54) is 12.1 Å². The largest absolute Gasteiger partial charge is 0.451 e. The SMILES string of the molecule is NC(=NC(=Nc1ccccc1)C(F)(F)F)c1ccccc1. The van der Waals surface area contributed by atoms with Gasteiger partial charge in [-0.25, -0.2) is 9.98 Å². The molecule has 0 aliphatic rings. The summed E-state index contributed by atoms with van der Waals surface area (Å²) in [6.07, 6.45) is -4.69. The lowest BCUT2D eigenvalue weighted by molar-refractivity contribution is -0.0596. The van der Waals surface area contributed by atoms with Crippen molar-refractivity contribution in [2.45, 2.75) is 6.18 Å². The van der Waals surface area contributed by atoms with Crippen LogP contribution in [0.25, 0.3) is 0 Å². The van der Waals surface area contributed by atoms with Crippen molar-refractivity contribution in [1.82, 2.24) is 0 Å². The van der Waals surface area contributed by atoms with Gasteiger partial charge in [0.15, 0.2) is 0 Å². The Balaban J connectivity index is 2.41. The molecule has 2 aromatic rings.